The Morgan fingerprint density at radius 3 is 2.58 bits per heavy atom. The van der Waals surface area contributed by atoms with E-state index in [4.69, 9.17) is 4.74 Å². The van der Waals surface area contributed by atoms with Crippen LogP contribution >= 0.6 is 0 Å². The van der Waals surface area contributed by atoms with Crippen molar-refractivity contribution in [3.8, 4) is 5.75 Å². The maximum Gasteiger partial charge on any atom is 0.416 e. The Balaban J connectivity index is 2.12. The van der Waals surface area contributed by atoms with Crippen molar-refractivity contribution in [2.45, 2.75) is 19.3 Å². The van der Waals surface area contributed by atoms with Crippen molar-refractivity contribution < 1.29 is 17.9 Å². The van der Waals surface area contributed by atoms with Gasteiger partial charge in [-0.25, -0.2) is 0 Å². The normalized spacial score (nSPS) is 12.2. The Morgan fingerprint density at radius 1 is 1.31 bits per heavy atom. The average molecular weight is 368 g/mol. The van der Waals surface area contributed by atoms with Gasteiger partial charge in [0.15, 0.2) is 5.96 Å². The van der Waals surface area contributed by atoms with E-state index in [1.54, 1.807) is 7.05 Å². The van der Waals surface area contributed by atoms with Gasteiger partial charge in [0.1, 0.15) is 5.75 Å². The van der Waals surface area contributed by atoms with Crippen LogP contribution in [-0.4, -0.2) is 36.6 Å². The lowest BCUT2D eigenvalue weighted by Gasteiger charge is -2.23. The molecule has 0 aliphatic rings. The molecule has 8 heteroatoms. The number of nitrogens with zero attached hydrogens (tertiary/aromatic N) is 3. The van der Waals surface area contributed by atoms with E-state index in [-0.39, 0.29) is 17.9 Å². The minimum Gasteiger partial charge on any atom is -0.497 e. The SMILES string of the molecule is CN=C(NCc1ccc(OC)cc1C(F)(F)F)N(C)Cc1cccn1C. The number of nitrogens with one attached hydrogen (secondary N) is 1. The van der Waals surface area contributed by atoms with Crippen LogP contribution in [0.15, 0.2) is 41.5 Å². The molecule has 0 radical (unpaired) electrons. The lowest BCUT2D eigenvalue weighted by Crippen LogP contribution is -2.38. The molecule has 0 aliphatic carbocycles. The van der Waals surface area contributed by atoms with Gasteiger partial charge in [-0.1, -0.05) is 6.07 Å². The highest BCUT2D eigenvalue weighted by Crippen LogP contribution is 2.34. The molecule has 0 aliphatic heterocycles. The second-order valence-corrected chi connectivity index (χ2v) is 5.89. The number of guanidine groups is 1. The summed E-state index contributed by atoms with van der Waals surface area (Å²) in [6, 6.07) is 7.86. The fraction of sp³-hybridized carbons (Fsp3) is 0.389. The summed E-state index contributed by atoms with van der Waals surface area (Å²) in [4.78, 5) is 6.01. The van der Waals surface area contributed by atoms with Crippen molar-refractivity contribution in [3.05, 3.63) is 53.3 Å². The summed E-state index contributed by atoms with van der Waals surface area (Å²) in [7, 11) is 6.71. The molecule has 1 aromatic heterocycles. The first-order chi connectivity index (χ1) is 12.3. The van der Waals surface area contributed by atoms with Crippen LogP contribution in [0.5, 0.6) is 5.75 Å². The monoisotopic (exact) mass is 368 g/mol. The van der Waals surface area contributed by atoms with E-state index in [9.17, 15) is 13.2 Å². The Hall–Kier alpha value is -2.64. The predicted octanol–water partition coefficient (Wildman–Crippen LogP) is 3.26. The Labute approximate surface area is 151 Å². The van der Waals surface area contributed by atoms with Gasteiger partial charge in [-0.2, -0.15) is 13.2 Å². The minimum atomic E-state index is -4.45. The van der Waals surface area contributed by atoms with Crippen LogP contribution in [0.3, 0.4) is 0 Å². The molecule has 2 rings (SSSR count). The quantitative estimate of drug-likeness (QED) is 0.651. The molecule has 1 aromatic carbocycles. The molecule has 0 saturated heterocycles. The van der Waals surface area contributed by atoms with Crippen LogP contribution in [0.25, 0.3) is 0 Å². The van der Waals surface area contributed by atoms with E-state index < -0.39 is 11.7 Å². The zero-order chi connectivity index (χ0) is 19.3. The van der Waals surface area contributed by atoms with Gasteiger partial charge in [0, 0.05) is 39.6 Å². The van der Waals surface area contributed by atoms with E-state index in [0.29, 0.717) is 12.5 Å². The highest BCUT2D eigenvalue weighted by molar-refractivity contribution is 5.79. The minimum absolute atomic E-state index is 0.00296. The van der Waals surface area contributed by atoms with Crippen LogP contribution in [0, 0.1) is 0 Å². The van der Waals surface area contributed by atoms with Gasteiger partial charge >= 0.3 is 6.18 Å². The molecule has 1 heterocycles. The first kappa shape index (κ1) is 19.7. The number of aromatic nitrogens is 1. The van der Waals surface area contributed by atoms with Crippen molar-refractivity contribution >= 4 is 5.96 Å². The number of halogens is 3. The van der Waals surface area contributed by atoms with E-state index in [0.717, 1.165) is 11.8 Å². The number of rotatable bonds is 5. The molecule has 26 heavy (non-hydrogen) atoms. The summed E-state index contributed by atoms with van der Waals surface area (Å²) in [6.07, 6.45) is -2.52. The molecular weight excluding hydrogens is 345 g/mol. The molecule has 0 spiro atoms. The Morgan fingerprint density at radius 2 is 2.04 bits per heavy atom. The van der Waals surface area contributed by atoms with Gasteiger partial charge in [0.25, 0.3) is 0 Å². The van der Waals surface area contributed by atoms with Gasteiger partial charge in [0.2, 0.25) is 0 Å². The Kier molecular flexibility index (Phi) is 6.18. The van der Waals surface area contributed by atoms with Crippen LogP contribution in [-0.2, 0) is 26.3 Å². The maximum atomic E-state index is 13.3. The number of benzene rings is 1. The molecule has 0 fully saturated rings. The first-order valence-corrected chi connectivity index (χ1v) is 8.02. The topological polar surface area (TPSA) is 41.8 Å². The maximum absolute atomic E-state index is 13.3. The lowest BCUT2D eigenvalue weighted by molar-refractivity contribution is -0.138. The molecule has 142 valence electrons. The van der Waals surface area contributed by atoms with Gasteiger partial charge in [-0.3, -0.25) is 4.99 Å². The molecule has 0 atom stereocenters. The lowest BCUT2D eigenvalue weighted by atomic mass is 10.1. The van der Waals surface area contributed by atoms with Crippen molar-refractivity contribution in [2.24, 2.45) is 12.0 Å². The molecule has 5 nitrogen and oxygen atoms in total. The third-order valence-electron chi connectivity index (χ3n) is 4.08. The van der Waals surface area contributed by atoms with Crippen molar-refractivity contribution in [1.82, 2.24) is 14.8 Å². The zero-order valence-electron chi connectivity index (χ0n) is 15.3. The second-order valence-electron chi connectivity index (χ2n) is 5.89. The summed E-state index contributed by atoms with van der Waals surface area (Å²) in [6.45, 7) is 0.584. The van der Waals surface area contributed by atoms with Crippen LogP contribution < -0.4 is 10.1 Å². The number of ether oxygens (including phenoxy) is 1. The molecule has 1 N–H and O–H groups in total. The van der Waals surface area contributed by atoms with E-state index >= 15 is 0 Å². The summed E-state index contributed by atoms with van der Waals surface area (Å²) >= 11 is 0. The van der Waals surface area contributed by atoms with E-state index in [1.165, 1.54) is 19.2 Å². The molecule has 0 amide bonds. The third-order valence-corrected chi connectivity index (χ3v) is 4.08. The van der Waals surface area contributed by atoms with Gasteiger partial charge in [-0.05, 0) is 29.8 Å². The van der Waals surface area contributed by atoms with Gasteiger partial charge in [-0.15, -0.1) is 0 Å². The van der Waals surface area contributed by atoms with Crippen LogP contribution in [0.1, 0.15) is 16.8 Å². The molecule has 0 saturated carbocycles. The summed E-state index contributed by atoms with van der Waals surface area (Å²) < 4.78 is 46.8. The second kappa shape index (κ2) is 8.16. The van der Waals surface area contributed by atoms with Gasteiger partial charge in [0.05, 0.1) is 19.2 Å². The third kappa shape index (κ3) is 4.71. The summed E-state index contributed by atoms with van der Waals surface area (Å²) in [5.74, 6) is 0.682. The number of hydrogen-bond donors (Lipinski definition) is 1. The number of methoxy groups -OCH3 is 1. The smallest absolute Gasteiger partial charge is 0.416 e. The van der Waals surface area contributed by atoms with Crippen molar-refractivity contribution in [2.75, 3.05) is 21.2 Å². The number of hydrogen-bond acceptors (Lipinski definition) is 2. The molecule has 2 aromatic rings. The standard InChI is InChI=1S/C18H23F3N4O/c1-22-17(25(3)12-14-6-5-9-24(14)2)23-11-13-7-8-15(26-4)10-16(13)18(19,20)21/h5-10H,11-12H2,1-4H3,(H,22,23). The predicted molar refractivity (Wildman–Crippen MR) is 95.1 cm³/mol. The van der Waals surface area contributed by atoms with E-state index in [1.807, 2.05) is 41.9 Å². The summed E-state index contributed by atoms with van der Waals surface area (Å²) in [5, 5.41) is 2.99. The summed E-state index contributed by atoms with van der Waals surface area (Å²) in [5.41, 5.74) is 0.479. The fourth-order valence-electron chi connectivity index (χ4n) is 2.64. The van der Waals surface area contributed by atoms with Crippen molar-refractivity contribution in [3.63, 3.8) is 0 Å². The molecular formula is C18H23F3N4O. The number of aryl methyl sites for hydroxylation is 1. The van der Waals surface area contributed by atoms with Crippen molar-refractivity contribution in [1.29, 1.82) is 0 Å². The first-order valence-electron chi connectivity index (χ1n) is 8.02. The average Bonchev–Trinajstić information content (AvgIpc) is 2.99. The van der Waals surface area contributed by atoms with Gasteiger partial charge < -0.3 is 19.5 Å². The van der Waals surface area contributed by atoms with Crippen LogP contribution in [0.2, 0.25) is 0 Å². The Bertz CT molecular complexity index is 768. The largest absolute Gasteiger partial charge is 0.497 e. The number of aliphatic imine (C=N–C) groups is 1. The highest BCUT2D eigenvalue weighted by atomic mass is 19.4. The molecule has 0 bridgehead atoms. The zero-order valence-corrected chi connectivity index (χ0v) is 15.3. The van der Waals surface area contributed by atoms with E-state index in [2.05, 4.69) is 10.3 Å². The van der Waals surface area contributed by atoms with Crippen LogP contribution in [0.4, 0.5) is 13.2 Å². The molecule has 0 unspecified atom stereocenters. The fourth-order valence-corrected chi connectivity index (χ4v) is 2.64. The highest BCUT2D eigenvalue weighted by Gasteiger charge is 2.33. The number of alkyl halides is 3.